The van der Waals surface area contributed by atoms with E-state index in [9.17, 15) is 4.79 Å². The number of likely N-dealkylation sites (tertiary alicyclic amines) is 1. The lowest BCUT2D eigenvalue weighted by Gasteiger charge is -2.34. The fraction of sp³-hybridized carbons (Fsp3) is 0.611. The Kier molecular flexibility index (Phi) is 5.40. The van der Waals surface area contributed by atoms with Crippen LogP contribution in [0, 0.1) is 5.41 Å². The summed E-state index contributed by atoms with van der Waals surface area (Å²) in [5.74, 6) is 0.260. The van der Waals surface area contributed by atoms with Crippen LogP contribution < -0.4 is 0 Å². The SMILES string of the molecule is CC(C)(C)CC(=O)N1CCC[C@@H](OCc2ccccc2)C1. The highest BCUT2D eigenvalue weighted by Crippen LogP contribution is 2.22. The molecule has 3 heteroatoms. The van der Waals surface area contributed by atoms with Crippen molar-refractivity contribution in [2.45, 2.75) is 52.7 Å². The van der Waals surface area contributed by atoms with Crippen molar-refractivity contribution in [1.29, 1.82) is 0 Å². The van der Waals surface area contributed by atoms with Gasteiger partial charge in [0.15, 0.2) is 0 Å². The van der Waals surface area contributed by atoms with Gasteiger partial charge in [0.1, 0.15) is 0 Å². The van der Waals surface area contributed by atoms with Crippen LogP contribution in [0.3, 0.4) is 0 Å². The zero-order valence-corrected chi connectivity index (χ0v) is 13.5. The molecule has 0 unspecified atom stereocenters. The lowest BCUT2D eigenvalue weighted by molar-refractivity contribution is -0.137. The predicted molar refractivity (Wildman–Crippen MR) is 84.9 cm³/mol. The van der Waals surface area contributed by atoms with Gasteiger partial charge < -0.3 is 9.64 Å². The van der Waals surface area contributed by atoms with Crippen LogP contribution in [0.2, 0.25) is 0 Å². The third-order valence-corrected chi connectivity index (χ3v) is 3.74. The van der Waals surface area contributed by atoms with Gasteiger partial charge in [0.05, 0.1) is 12.7 Å². The number of piperidine rings is 1. The van der Waals surface area contributed by atoms with Crippen LogP contribution in [-0.2, 0) is 16.1 Å². The number of ether oxygens (including phenoxy) is 1. The van der Waals surface area contributed by atoms with Crippen molar-refractivity contribution in [3.05, 3.63) is 35.9 Å². The molecule has 116 valence electrons. The number of benzene rings is 1. The molecule has 0 bridgehead atoms. The van der Waals surface area contributed by atoms with E-state index in [2.05, 4.69) is 32.9 Å². The molecule has 1 aliphatic heterocycles. The Labute approximate surface area is 128 Å². The Morgan fingerprint density at radius 2 is 2.00 bits per heavy atom. The topological polar surface area (TPSA) is 29.5 Å². The van der Waals surface area contributed by atoms with E-state index in [1.54, 1.807) is 0 Å². The fourth-order valence-electron chi connectivity index (χ4n) is 2.65. The highest BCUT2D eigenvalue weighted by atomic mass is 16.5. The van der Waals surface area contributed by atoms with Crippen LogP contribution in [0.5, 0.6) is 0 Å². The Hall–Kier alpha value is -1.35. The summed E-state index contributed by atoms with van der Waals surface area (Å²) in [7, 11) is 0. The van der Waals surface area contributed by atoms with E-state index in [1.807, 2.05) is 23.1 Å². The summed E-state index contributed by atoms with van der Waals surface area (Å²) in [4.78, 5) is 14.3. The average Bonchev–Trinajstić information content (AvgIpc) is 2.45. The lowest BCUT2D eigenvalue weighted by atomic mass is 9.91. The van der Waals surface area contributed by atoms with Gasteiger partial charge in [-0.15, -0.1) is 0 Å². The number of nitrogens with zero attached hydrogens (tertiary/aromatic N) is 1. The van der Waals surface area contributed by atoms with Crippen LogP contribution in [0.25, 0.3) is 0 Å². The summed E-state index contributed by atoms with van der Waals surface area (Å²) >= 11 is 0. The molecule has 0 spiro atoms. The number of rotatable bonds is 4. The Morgan fingerprint density at radius 3 is 2.67 bits per heavy atom. The molecule has 1 aliphatic rings. The highest BCUT2D eigenvalue weighted by molar-refractivity contribution is 5.76. The first-order valence-corrected chi connectivity index (χ1v) is 7.87. The molecule has 1 fully saturated rings. The maximum absolute atomic E-state index is 12.3. The lowest BCUT2D eigenvalue weighted by Crippen LogP contribution is -2.44. The molecule has 0 aliphatic carbocycles. The molecule has 0 saturated carbocycles. The standard InChI is InChI=1S/C18H27NO2/c1-18(2,3)12-17(20)19-11-7-10-16(13-19)21-14-15-8-5-4-6-9-15/h4-6,8-9,16H,7,10-14H2,1-3H3/t16-/m1/s1. The van der Waals surface area contributed by atoms with E-state index in [0.717, 1.165) is 25.9 Å². The van der Waals surface area contributed by atoms with Gasteiger partial charge in [0.2, 0.25) is 5.91 Å². The van der Waals surface area contributed by atoms with E-state index in [0.29, 0.717) is 13.0 Å². The van der Waals surface area contributed by atoms with Gasteiger partial charge in [0.25, 0.3) is 0 Å². The van der Waals surface area contributed by atoms with Crippen molar-refractivity contribution in [2.24, 2.45) is 5.41 Å². The van der Waals surface area contributed by atoms with Gasteiger partial charge >= 0.3 is 0 Å². The summed E-state index contributed by atoms with van der Waals surface area (Å²) in [6.07, 6.45) is 2.86. The van der Waals surface area contributed by atoms with Crippen molar-refractivity contribution in [3.63, 3.8) is 0 Å². The van der Waals surface area contributed by atoms with Gasteiger partial charge in [-0.3, -0.25) is 4.79 Å². The molecule has 0 aromatic heterocycles. The molecular formula is C18H27NO2. The molecule has 1 aromatic rings. The van der Waals surface area contributed by atoms with E-state index in [1.165, 1.54) is 5.56 Å². The van der Waals surface area contributed by atoms with E-state index in [4.69, 9.17) is 4.74 Å². The van der Waals surface area contributed by atoms with Gasteiger partial charge in [-0.2, -0.15) is 0 Å². The Bertz CT molecular complexity index is 450. The Morgan fingerprint density at radius 1 is 1.29 bits per heavy atom. The van der Waals surface area contributed by atoms with Crippen molar-refractivity contribution in [1.82, 2.24) is 4.90 Å². The number of carbonyl (C=O) groups excluding carboxylic acids is 1. The fourth-order valence-corrected chi connectivity index (χ4v) is 2.65. The monoisotopic (exact) mass is 289 g/mol. The normalized spacial score (nSPS) is 19.6. The quantitative estimate of drug-likeness (QED) is 0.847. The zero-order valence-electron chi connectivity index (χ0n) is 13.5. The van der Waals surface area contributed by atoms with Crippen LogP contribution in [0.4, 0.5) is 0 Å². The summed E-state index contributed by atoms with van der Waals surface area (Å²) in [5.41, 5.74) is 1.24. The van der Waals surface area contributed by atoms with E-state index < -0.39 is 0 Å². The van der Waals surface area contributed by atoms with Crippen LogP contribution in [0.1, 0.15) is 45.6 Å². The first kappa shape index (κ1) is 16.0. The molecule has 1 atom stereocenters. The van der Waals surface area contributed by atoms with Gasteiger partial charge in [-0.25, -0.2) is 0 Å². The molecule has 0 radical (unpaired) electrons. The molecule has 2 rings (SSSR count). The molecule has 1 saturated heterocycles. The summed E-state index contributed by atoms with van der Waals surface area (Å²) in [6, 6.07) is 10.2. The maximum Gasteiger partial charge on any atom is 0.223 e. The molecule has 1 heterocycles. The molecule has 0 N–H and O–H groups in total. The first-order valence-electron chi connectivity index (χ1n) is 7.87. The number of hydrogen-bond donors (Lipinski definition) is 0. The maximum atomic E-state index is 12.3. The second-order valence-electron chi connectivity index (χ2n) is 7.14. The molecule has 1 amide bonds. The summed E-state index contributed by atoms with van der Waals surface area (Å²) in [6.45, 7) is 8.57. The predicted octanol–water partition coefficient (Wildman–Crippen LogP) is 3.63. The van der Waals surface area contributed by atoms with Gasteiger partial charge in [0, 0.05) is 19.5 Å². The van der Waals surface area contributed by atoms with Crippen molar-refractivity contribution in [3.8, 4) is 0 Å². The minimum atomic E-state index is 0.0505. The van der Waals surface area contributed by atoms with Gasteiger partial charge in [-0.05, 0) is 23.8 Å². The largest absolute Gasteiger partial charge is 0.372 e. The van der Waals surface area contributed by atoms with Crippen LogP contribution in [0.15, 0.2) is 30.3 Å². The third-order valence-electron chi connectivity index (χ3n) is 3.74. The number of hydrogen-bond acceptors (Lipinski definition) is 2. The van der Waals surface area contributed by atoms with E-state index in [-0.39, 0.29) is 17.4 Å². The average molecular weight is 289 g/mol. The minimum absolute atomic E-state index is 0.0505. The number of amides is 1. The second-order valence-corrected chi connectivity index (χ2v) is 7.14. The highest BCUT2D eigenvalue weighted by Gasteiger charge is 2.26. The van der Waals surface area contributed by atoms with Crippen LogP contribution >= 0.6 is 0 Å². The van der Waals surface area contributed by atoms with Crippen molar-refractivity contribution in [2.75, 3.05) is 13.1 Å². The minimum Gasteiger partial charge on any atom is -0.372 e. The summed E-state index contributed by atoms with van der Waals surface area (Å²) < 4.78 is 5.99. The number of carbonyl (C=O) groups is 1. The van der Waals surface area contributed by atoms with E-state index >= 15 is 0 Å². The first-order chi connectivity index (χ1) is 9.94. The third kappa shape index (κ3) is 5.50. The molecule has 1 aromatic carbocycles. The van der Waals surface area contributed by atoms with Gasteiger partial charge in [-0.1, -0.05) is 51.1 Å². The van der Waals surface area contributed by atoms with Crippen molar-refractivity contribution >= 4 is 5.91 Å². The molecule has 3 nitrogen and oxygen atoms in total. The summed E-state index contributed by atoms with van der Waals surface area (Å²) in [5, 5.41) is 0. The van der Waals surface area contributed by atoms with Crippen LogP contribution in [-0.4, -0.2) is 30.0 Å². The Balaban J connectivity index is 1.82. The van der Waals surface area contributed by atoms with Crippen molar-refractivity contribution < 1.29 is 9.53 Å². The zero-order chi connectivity index (χ0) is 15.3. The smallest absolute Gasteiger partial charge is 0.223 e. The molecule has 21 heavy (non-hydrogen) atoms. The molecular weight excluding hydrogens is 262 g/mol. The second kappa shape index (κ2) is 7.08.